The van der Waals surface area contributed by atoms with E-state index in [0.29, 0.717) is 5.56 Å². The SMILES string of the molecule is N#Cc1ccc2[nH]c(=S)n(CCN3CCCC3)c2c1. The van der Waals surface area contributed by atoms with Crippen LogP contribution in [0.2, 0.25) is 0 Å². The third kappa shape index (κ3) is 2.42. The number of nitriles is 1. The van der Waals surface area contributed by atoms with Gasteiger partial charge in [-0.15, -0.1) is 0 Å². The molecule has 3 rings (SSSR count). The standard InChI is InChI=1S/C14H16N4S/c15-10-11-3-4-12-13(9-11)18(14(19)16-12)8-7-17-5-1-2-6-17/h3-4,9H,1-2,5-8H2,(H,16,19). The summed E-state index contributed by atoms with van der Waals surface area (Å²) in [7, 11) is 0. The third-order valence-corrected chi connectivity index (χ3v) is 4.07. The molecule has 0 radical (unpaired) electrons. The van der Waals surface area contributed by atoms with Crippen LogP contribution in [0.3, 0.4) is 0 Å². The Kier molecular flexibility index (Phi) is 3.36. The first-order valence-electron chi connectivity index (χ1n) is 6.63. The van der Waals surface area contributed by atoms with E-state index in [0.717, 1.165) is 28.9 Å². The quantitative estimate of drug-likeness (QED) is 0.874. The fourth-order valence-electron chi connectivity index (χ4n) is 2.69. The first-order chi connectivity index (χ1) is 9.28. The largest absolute Gasteiger partial charge is 0.331 e. The van der Waals surface area contributed by atoms with Crippen LogP contribution in [0.15, 0.2) is 18.2 Å². The van der Waals surface area contributed by atoms with Gasteiger partial charge in [0.1, 0.15) is 0 Å². The summed E-state index contributed by atoms with van der Waals surface area (Å²) in [5.41, 5.74) is 2.71. The summed E-state index contributed by atoms with van der Waals surface area (Å²) in [4.78, 5) is 5.67. The van der Waals surface area contributed by atoms with Crippen LogP contribution >= 0.6 is 12.2 Å². The Hall–Kier alpha value is -1.64. The second-order valence-electron chi connectivity index (χ2n) is 4.97. The normalized spacial score (nSPS) is 15.9. The second-order valence-corrected chi connectivity index (χ2v) is 5.36. The Labute approximate surface area is 117 Å². The van der Waals surface area contributed by atoms with E-state index in [1.807, 2.05) is 18.2 Å². The fraction of sp³-hybridized carbons (Fsp3) is 0.429. The molecule has 0 bridgehead atoms. The van der Waals surface area contributed by atoms with Gasteiger partial charge in [-0.2, -0.15) is 5.26 Å². The number of likely N-dealkylation sites (tertiary alicyclic amines) is 1. The number of nitrogens with zero attached hydrogens (tertiary/aromatic N) is 3. The fourth-order valence-corrected chi connectivity index (χ4v) is 2.99. The van der Waals surface area contributed by atoms with Crippen LogP contribution in [0.25, 0.3) is 11.0 Å². The number of nitrogens with one attached hydrogen (secondary N) is 1. The molecule has 2 aromatic rings. The number of imidazole rings is 1. The van der Waals surface area contributed by atoms with Gasteiger partial charge in [-0.3, -0.25) is 0 Å². The van der Waals surface area contributed by atoms with Crippen LogP contribution in [-0.2, 0) is 6.54 Å². The van der Waals surface area contributed by atoms with Crippen molar-refractivity contribution in [2.75, 3.05) is 19.6 Å². The minimum Gasteiger partial charge on any atom is -0.331 e. The summed E-state index contributed by atoms with van der Waals surface area (Å²) in [6, 6.07) is 7.83. The predicted octanol–water partition coefficient (Wildman–Crippen LogP) is 2.67. The molecule has 1 saturated heterocycles. The van der Waals surface area contributed by atoms with Crippen LogP contribution in [0, 0.1) is 16.1 Å². The molecular formula is C14H16N4S. The highest BCUT2D eigenvalue weighted by molar-refractivity contribution is 7.71. The van der Waals surface area contributed by atoms with Gasteiger partial charge in [-0.1, -0.05) is 0 Å². The molecule has 0 spiro atoms. The molecule has 0 unspecified atom stereocenters. The summed E-state index contributed by atoms with van der Waals surface area (Å²) in [6.45, 7) is 4.30. The Balaban J connectivity index is 1.90. The topological polar surface area (TPSA) is 47.8 Å². The van der Waals surface area contributed by atoms with Gasteiger partial charge >= 0.3 is 0 Å². The number of hydrogen-bond donors (Lipinski definition) is 1. The number of aromatic amines is 1. The van der Waals surface area contributed by atoms with Crippen molar-refractivity contribution in [2.24, 2.45) is 0 Å². The summed E-state index contributed by atoms with van der Waals surface area (Å²) >= 11 is 5.38. The van der Waals surface area contributed by atoms with E-state index in [2.05, 4.69) is 20.5 Å². The van der Waals surface area contributed by atoms with Gasteiger partial charge in [0.25, 0.3) is 0 Å². The number of aromatic nitrogens is 2. The van der Waals surface area contributed by atoms with Crippen LogP contribution in [-0.4, -0.2) is 34.1 Å². The van der Waals surface area contributed by atoms with E-state index in [1.54, 1.807) is 0 Å². The minimum absolute atomic E-state index is 0.677. The summed E-state index contributed by atoms with van der Waals surface area (Å²) in [6.07, 6.45) is 2.61. The van der Waals surface area contributed by atoms with Gasteiger partial charge in [0.05, 0.1) is 22.7 Å². The number of hydrogen-bond acceptors (Lipinski definition) is 3. The van der Waals surface area contributed by atoms with E-state index in [9.17, 15) is 0 Å². The summed E-state index contributed by atoms with van der Waals surface area (Å²) < 4.78 is 2.84. The van der Waals surface area contributed by atoms with Crippen molar-refractivity contribution >= 4 is 23.3 Å². The van der Waals surface area contributed by atoms with Crippen LogP contribution < -0.4 is 0 Å². The zero-order valence-corrected chi connectivity index (χ0v) is 11.5. The predicted molar refractivity (Wildman–Crippen MR) is 77.5 cm³/mol. The van der Waals surface area contributed by atoms with Crippen molar-refractivity contribution in [3.63, 3.8) is 0 Å². The zero-order valence-electron chi connectivity index (χ0n) is 10.7. The second kappa shape index (κ2) is 5.16. The van der Waals surface area contributed by atoms with E-state index >= 15 is 0 Å². The average molecular weight is 272 g/mol. The van der Waals surface area contributed by atoms with E-state index in [-0.39, 0.29) is 0 Å². The Morgan fingerprint density at radius 2 is 2.05 bits per heavy atom. The molecule has 4 nitrogen and oxygen atoms in total. The third-order valence-electron chi connectivity index (χ3n) is 3.74. The van der Waals surface area contributed by atoms with Crippen LogP contribution in [0.1, 0.15) is 18.4 Å². The molecule has 1 aliphatic heterocycles. The molecule has 2 heterocycles. The maximum Gasteiger partial charge on any atom is 0.178 e. The van der Waals surface area contributed by atoms with Crippen LogP contribution in [0.4, 0.5) is 0 Å². The number of fused-ring (bicyclic) bond motifs is 1. The van der Waals surface area contributed by atoms with E-state index in [4.69, 9.17) is 17.5 Å². The Morgan fingerprint density at radius 1 is 1.26 bits per heavy atom. The molecule has 5 heteroatoms. The molecule has 1 aromatic carbocycles. The molecule has 0 amide bonds. The smallest absolute Gasteiger partial charge is 0.178 e. The van der Waals surface area contributed by atoms with E-state index < -0.39 is 0 Å². The number of rotatable bonds is 3. The maximum atomic E-state index is 8.99. The monoisotopic (exact) mass is 272 g/mol. The first kappa shape index (κ1) is 12.4. The highest BCUT2D eigenvalue weighted by Gasteiger charge is 2.12. The molecule has 1 fully saturated rings. The molecule has 1 aromatic heterocycles. The van der Waals surface area contributed by atoms with E-state index in [1.165, 1.54) is 25.9 Å². The van der Waals surface area contributed by atoms with Gasteiger partial charge in [0, 0.05) is 13.1 Å². The van der Waals surface area contributed by atoms with Crippen molar-refractivity contribution in [2.45, 2.75) is 19.4 Å². The van der Waals surface area contributed by atoms with Gasteiger partial charge in [0.2, 0.25) is 0 Å². The van der Waals surface area contributed by atoms with Crippen molar-refractivity contribution in [1.82, 2.24) is 14.5 Å². The summed E-state index contributed by atoms with van der Waals surface area (Å²) in [5, 5.41) is 8.99. The Morgan fingerprint density at radius 3 is 2.79 bits per heavy atom. The van der Waals surface area contributed by atoms with Gasteiger partial charge in [-0.25, -0.2) is 0 Å². The Bertz CT molecular complexity index is 686. The highest BCUT2D eigenvalue weighted by Crippen LogP contribution is 2.16. The lowest BCUT2D eigenvalue weighted by molar-refractivity contribution is 0.323. The van der Waals surface area contributed by atoms with Gasteiger partial charge < -0.3 is 14.5 Å². The molecular weight excluding hydrogens is 256 g/mol. The highest BCUT2D eigenvalue weighted by atomic mass is 32.1. The molecule has 0 atom stereocenters. The lowest BCUT2D eigenvalue weighted by Crippen LogP contribution is -2.24. The lowest BCUT2D eigenvalue weighted by Gasteiger charge is -2.15. The lowest BCUT2D eigenvalue weighted by atomic mass is 10.2. The molecule has 0 aliphatic carbocycles. The number of benzene rings is 1. The van der Waals surface area contributed by atoms with Crippen LogP contribution in [0.5, 0.6) is 0 Å². The minimum atomic E-state index is 0.677. The van der Waals surface area contributed by atoms with Crippen molar-refractivity contribution < 1.29 is 0 Å². The van der Waals surface area contributed by atoms with Gasteiger partial charge in [0.15, 0.2) is 4.77 Å². The first-order valence-corrected chi connectivity index (χ1v) is 7.04. The average Bonchev–Trinajstić information content (AvgIpc) is 3.03. The molecule has 1 aliphatic rings. The zero-order chi connectivity index (χ0) is 13.2. The van der Waals surface area contributed by atoms with Crippen molar-refractivity contribution in [3.05, 3.63) is 28.5 Å². The van der Waals surface area contributed by atoms with Gasteiger partial charge in [-0.05, 0) is 56.3 Å². The molecule has 1 N–H and O–H groups in total. The van der Waals surface area contributed by atoms with Crippen molar-refractivity contribution in [1.29, 1.82) is 5.26 Å². The maximum absolute atomic E-state index is 8.99. The molecule has 0 saturated carbocycles. The number of H-pyrrole nitrogens is 1. The summed E-state index contributed by atoms with van der Waals surface area (Å²) in [5.74, 6) is 0. The molecule has 98 valence electrons. The van der Waals surface area contributed by atoms with Crippen molar-refractivity contribution in [3.8, 4) is 6.07 Å². The molecule has 19 heavy (non-hydrogen) atoms.